The van der Waals surface area contributed by atoms with Gasteiger partial charge >= 0.3 is 11.7 Å². The lowest BCUT2D eigenvalue weighted by Gasteiger charge is -2.04. The minimum Gasteiger partial charge on any atom is -0.502 e. The maximum absolute atomic E-state index is 11.6. The van der Waals surface area contributed by atoms with Gasteiger partial charge in [-0.1, -0.05) is 18.2 Å². The van der Waals surface area contributed by atoms with Gasteiger partial charge in [0.05, 0.1) is 27.7 Å². The molecule has 0 aromatic heterocycles. The van der Waals surface area contributed by atoms with Crippen LogP contribution in [-0.2, 0) is 0 Å². The van der Waals surface area contributed by atoms with Crippen LogP contribution < -0.4 is 10.7 Å². The van der Waals surface area contributed by atoms with Gasteiger partial charge in [0, 0.05) is 11.8 Å². The van der Waals surface area contributed by atoms with E-state index in [0.717, 1.165) is 12.3 Å². The summed E-state index contributed by atoms with van der Waals surface area (Å²) >= 11 is 0. The van der Waals surface area contributed by atoms with Crippen LogP contribution in [0.1, 0.15) is 5.56 Å². The maximum atomic E-state index is 11.6. The van der Waals surface area contributed by atoms with Crippen LogP contribution in [0.15, 0.2) is 47.6 Å². The third-order valence-corrected chi connectivity index (χ3v) is 2.91. The number of hydrazone groups is 1. The molecule has 2 rings (SSSR count). The van der Waals surface area contributed by atoms with Crippen LogP contribution in [0.2, 0.25) is 0 Å². The molecule has 0 bridgehead atoms. The van der Waals surface area contributed by atoms with Gasteiger partial charge in [0.2, 0.25) is 5.75 Å². The number of anilines is 1. The Bertz CT molecular complexity index is 852. The van der Waals surface area contributed by atoms with Gasteiger partial charge in [0.25, 0.3) is 5.69 Å². The van der Waals surface area contributed by atoms with Gasteiger partial charge in [-0.15, -0.1) is 0 Å². The van der Waals surface area contributed by atoms with Crippen molar-refractivity contribution in [3.63, 3.8) is 0 Å². The van der Waals surface area contributed by atoms with Crippen molar-refractivity contribution in [1.82, 2.24) is 5.43 Å². The van der Waals surface area contributed by atoms with Crippen LogP contribution in [0.4, 0.5) is 21.9 Å². The van der Waals surface area contributed by atoms with E-state index in [4.69, 9.17) is 0 Å². The molecule has 25 heavy (non-hydrogen) atoms. The summed E-state index contributed by atoms with van der Waals surface area (Å²) < 4.78 is 0. The third kappa shape index (κ3) is 4.48. The van der Waals surface area contributed by atoms with E-state index in [2.05, 4.69) is 15.8 Å². The molecule has 2 aromatic carbocycles. The number of carbonyl (C=O) groups is 1. The van der Waals surface area contributed by atoms with Gasteiger partial charge in [0.15, 0.2) is 0 Å². The quantitative estimate of drug-likeness (QED) is 0.428. The van der Waals surface area contributed by atoms with E-state index in [1.807, 2.05) is 0 Å². The predicted molar refractivity (Wildman–Crippen MR) is 87.6 cm³/mol. The van der Waals surface area contributed by atoms with Gasteiger partial charge < -0.3 is 10.4 Å². The molecule has 0 heterocycles. The molecular formula is C14H11N5O6. The van der Waals surface area contributed by atoms with Crippen molar-refractivity contribution in [2.45, 2.75) is 0 Å². The molecule has 3 N–H and O–H groups in total. The van der Waals surface area contributed by atoms with E-state index in [1.54, 1.807) is 30.3 Å². The zero-order valence-corrected chi connectivity index (χ0v) is 12.4. The van der Waals surface area contributed by atoms with E-state index < -0.39 is 33.0 Å². The number of phenols is 1. The van der Waals surface area contributed by atoms with E-state index in [1.165, 1.54) is 0 Å². The Morgan fingerprint density at radius 1 is 1.12 bits per heavy atom. The summed E-state index contributed by atoms with van der Waals surface area (Å²) in [6.07, 6.45) is 0.861. The first-order valence-electron chi connectivity index (χ1n) is 6.69. The number of phenolic OH excluding ortho intramolecular Hbond substituents is 1. The van der Waals surface area contributed by atoms with Crippen molar-refractivity contribution in [3.05, 3.63) is 68.3 Å². The number of nitrogens with zero attached hydrogens (tertiary/aromatic N) is 3. The number of hydrogen-bond acceptors (Lipinski definition) is 7. The fraction of sp³-hybridized carbons (Fsp3) is 0. The van der Waals surface area contributed by atoms with Gasteiger partial charge in [-0.2, -0.15) is 5.10 Å². The molecule has 0 unspecified atom stereocenters. The first-order valence-corrected chi connectivity index (χ1v) is 6.69. The van der Waals surface area contributed by atoms with Crippen LogP contribution >= 0.6 is 0 Å². The highest BCUT2D eigenvalue weighted by molar-refractivity contribution is 5.91. The number of nitrogens with one attached hydrogen (secondary N) is 2. The zero-order valence-electron chi connectivity index (χ0n) is 12.4. The molecular weight excluding hydrogens is 334 g/mol. The minimum absolute atomic E-state index is 0.291. The second-order valence-corrected chi connectivity index (χ2v) is 4.61. The first kappa shape index (κ1) is 17.3. The minimum atomic E-state index is -0.963. The lowest BCUT2D eigenvalue weighted by molar-refractivity contribution is -0.394. The normalized spacial score (nSPS) is 10.4. The van der Waals surface area contributed by atoms with Crippen molar-refractivity contribution >= 4 is 29.3 Å². The molecule has 2 amide bonds. The third-order valence-electron chi connectivity index (χ3n) is 2.91. The molecule has 11 heteroatoms. The number of rotatable bonds is 5. The fourth-order valence-corrected chi connectivity index (χ4v) is 1.81. The average molecular weight is 345 g/mol. The van der Waals surface area contributed by atoms with Crippen molar-refractivity contribution in [3.8, 4) is 5.75 Å². The Morgan fingerprint density at radius 3 is 2.40 bits per heavy atom. The molecule has 128 valence electrons. The Kier molecular flexibility index (Phi) is 5.20. The maximum Gasteiger partial charge on any atom is 0.339 e. The van der Waals surface area contributed by atoms with Crippen molar-refractivity contribution in [1.29, 1.82) is 0 Å². The lowest BCUT2D eigenvalue weighted by atomic mass is 10.1. The van der Waals surface area contributed by atoms with E-state index in [9.17, 15) is 30.1 Å². The number of aromatic hydroxyl groups is 1. The van der Waals surface area contributed by atoms with E-state index in [-0.39, 0.29) is 5.56 Å². The van der Waals surface area contributed by atoms with E-state index >= 15 is 0 Å². The molecule has 0 spiro atoms. The molecule has 0 atom stereocenters. The van der Waals surface area contributed by atoms with Crippen LogP contribution in [0.25, 0.3) is 0 Å². The summed E-state index contributed by atoms with van der Waals surface area (Å²) in [4.78, 5) is 31.4. The second-order valence-electron chi connectivity index (χ2n) is 4.61. The van der Waals surface area contributed by atoms with Crippen molar-refractivity contribution in [2.75, 3.05) is 5.32 Å². The Labute approximate surface area is 139 Å². The molecule has 2 aromatic rings. The van der Waals surface area contributed by atoms with Crippen LogP contribution in [-0.4, -0.2) is 27.2 Å². The SMILES string of the molecule is O=C(N/N=C\c1cc([N+](=O)[O-])cc([N+](=O)[O-])c1O)Nc1ccccc1. The number of nitro benzene ring substituents is 2. The monoisotopic (exact) mass is 345 g/mol. The highest BCUT2D eigenvalue weighted by Crippen LogP contribution is 2.33. The fourth-order valence-electron chi connectivity index (χ4n) is 1.81. The molecule has 0 aliphatic carbocycles. The smallest absolute Gasteiger partial charge is 0.339 e. The van der Waals surface area contributed by atoms with E-state index in [0.29, 0.717) is 11.8 Å². The van der Waals surface area contributed by atoms with Crippen molar-refractivity contribution < 1.29 is 19.7 Å². The van der Waals surface area contributed by atoms with Gasteiger partial charge in [-0.3, -0.25) is 20.2 Å². The van der Waals surface area contributed by atoms with Crippen LogP contribution in [0.5, 0.6) is 5.75 Å². The highest BCUT2D eigenvalue weighted by Gasteiger charge is 2.23. The van der Waals surface area contributed by atoms with Gasteiger partial charge in [0.1, 0.15) is 0 Å². The molecule has 0 saturated heterocycles. The molecule has 11 nitrogen and oxygen atoms in total. The summed E-state index contributed by atoms with van der Waals surface area (Å²) in [6.45, 7) is 0. The zero-order chi connectivity index (χ0) is 18.4. The number of nitro groups is 2. The highest BCUT2D eigenvalue weighted by atomic mass is 16.6. The molecule has 0 aliphatic rings. The number of para-hydroxylation sites is 1. The summed E-state index contributed by atoms with van der Waals surface area (Å²) in [7, 11) is 0. The number of carbonyl (C=O) groups excluding carboxylic acids is 1. The number of benzene rings is 2. The van der Waals surface area contributed by atoms with Crippen LogP contribution in [0, 0.1) is 20.2 Å². The predicted octanol–water partition coefficient (Wildman–Crippen LogP) is 2.36. The summed E-state index contributed by atoms with van der Waals surface area (Å²) in [5, 5.41) is 37.4. The Balaban J connectivity index is 2.15. The molecule has 0 radical (unpaired) electrons. The molecule has 0 saturated carbocycles. The lowest BCUT2D eigenvalue weighted by Crippen LogP contribution is -2.24. The standard InChI is InChI=1S/C14H11N5O6/c20-13-9(6-11(18(22)23)7-12(13)19(24)25)8-15-17-14(21)16-10-4-2-1-3-5-10/h1-8,20H,(H2,16,17,21)/b15-8-. The van der Waals surface area contributed by atoms with Crippen LogP contribution in [0.3, 0.4) is 0 Å². The average Bonchev–Trinajstić information content (AvgIpc) is 2.56. The largest absolute Gasteiger partial charge is 0.502 e. The second kappa shape index (κ2) is 7.50. The van der Waals surface area contributed by atoms with Gasteiger partial charge in [-0.25, -0.2) is 10.2 Å². The summed E-state index contributed by atoms with van der Waals surface area (Å²) in [6, 6.07) is 9.27. The number of amides is 2. The number of urea groups is 1. The summed E-state index contributed by atoms with van der Waals surface area (Å²) in [5.41, 5.74) is 0.845. The number of non-ortho nitro benzene ring substituents is 1. The topological polar surface area (TPSA) is 160 Å². The molecule has 0 aliphatic heterocycles. The Morgan fingerprint density at radius 2 is 1.80 bits per heavy atom. The molecule has 0 fully saturated rings. The first-order chi connectivity index (χ1) is 11.9. The van der Waals surface area contributed by atoms with Gasteiger partial charge in [-0.05, 0) is 12.1 Å². The Hall–Kier alpha value is -4.02. The van der Waals surface area contributed by atoms with Crippen molar-refractivity contribution in [2.24, 2.45) is 5.10 Å². The number of hydrogen-bond donors (Lipinski definition) is 3. The summed E-state index contributed by atoms with van der Waals surface area (Å²) in [5.74, 6) is -0.801.